The van der Waals surface area contributed by atoms with Crippen LogP contribution in [0.5, 0.6) is 0 Å². The van der Waals surface area contributed by atoms with Crippen molar-refractivity contribution in [3.8, 4) is 0 Å². The molecule has 2 aliphatic rings. The lowest BCUT2D eigenvalue weighted by atomic mass is 9.92. The average Bonchev–Trinajstić information content (AvgIpc) is 3.19. The molecule has 0 radical (unpaired) electrons. The van der Waals surface area contributed by atoms with Crippen LogP contribution >= 0.6 is 39.7 Å². The van der Waals surface area contributed by atoms with Crippen LogP contribution in [0, 0.1) is 5.92 Å². The molecular formula is C15H22BrClN2OS. The summed E-state index contributed by atoms with van der Waals surface area (Å²) in [7, 11) is 0. The van der Waals surface area contributed by atoms with Crippen molar-refractivity contribution in [1.82, 2.24) is 10.2 Å². The number of hydrogen-bond acceptors (Lipinski definition) is 3. The Bertz CT molecular complexity index is 492. The van der Waals surface area contributed by atoms with Crippen molar-refractivity contribution >= 4 is 45.6 Å². The molecule has 1 aromatic heterocycles. The van der Waals surface area contributed by atoms with Crippen molar-refractivity contribution in [2.75, 3.05) is 6.54 Å². The number of halogens is 2. The molecule has 1 aliphatic heterocycles. The number of piperidine rings is 1. The highest BCUT2D eigenvalue weighted by molar-refractivity contribution is 9.11. The highest BCUT2D eigenvalue weighted by atomic mass is 79.9. The van der Waals surface area contributed by atoms with E-state index in [0.717, 1.165) is 29.7 Å². The summed E-state index contributed by atoms with van der Waals surface area (Å²) in [5.41, 5.74) is 1.25. The standard InChI is InChI=1S/C15H21BrN2OS.ClH/c1-10-6-12(4-5-17-10)15(19)18(13-2-3-13)8-11-7-14(16)20-9-11;/h7,9-10,12-13,17H,2-6,8H2,1H3;1H/t10-,12-;/m0./s1. The van der Waals surface area contributed by atoms with E-state index in [1.807, 2.05) is 0 Å². The van der Waals surface area contributed by atoms with E-state index >= 15 is 0 Å². The van der Waals surface area contributed by atoms with Gasteiger partial charge >= 0.3 is 0 Å². The summed E-state index contributed by atoms with van der Waals surface area (Å²) in [4.78, 5) is 15.0. The minimum atomic E-state index is 0. The molecule has 1 N–H and O–H groups in total. The van der Waals surface area contributed by atoms with Crippen molar-refractivity contribution in [3.63, 3.8) is 0 Å². The summed E-state index contributed by atoms with van der Waals surface area (Å²) >= 11 is 5.20. The van der Waals surface area contributed by atoms with Crippen LogP contribution < -0.4 is 5.32 Å². The van der Waals surface area contributed by atoms with Crippen molar-refractivity contribution < 1.29 is 4.79 Å². The van der Waals surface area contributed by atoms with E-state index in [-0.39, 0.29) is 18.3 Å². The van der Waals surface area contributed by atoms with Gasteiger partial charge < -0.3 is 10.2 Å². The van der Waals surface area contributed by atoms with Crippen LogP contribution in [-0.2, 0) is 11.3 Å². The molecule has 1 aromatic rings. The quantitative estimate of drug-likeness (QED) is 0.843. The van der Waals surface area contributed by atoms with Gasteiger partial charge in [-0.15, -0.1) is 23.7 Å². The second-order valence-corrected chi connectivity index (χ2v) is 8.32. The lowest BCUT2D eigenvalue weighted by Gasteiger charge is -2.32. The Balaban J connectivity index is 0.00000161. The molecule has 0 aromatic carbocycles. The molecule has 6 heteroatoms. The van der Waals surface area contributed by atoms with Crippen LogP contribution in [-0.4, -0.2) is 29.4 Å². The molecule has 0 spiro atoms. The fourth-order valence-corrected chi connectivity index (χ4v) is 4.19. The zero-order valence-corrected chi connectivity index (χ0v) is 15.4. The van der Waals surface area contributed by atoms with Crippen molar-refractivity contribution in [1.29, 1.82) is 0 Å². The molecule has 2 atom stereocenters. The van der Waals surface area contributed by atoms with E-state index < -0.39 is 0 Å². The Kier molecular flexibility index (Phi) is 6.12. The number of rotatable bonds is 4. The third kappa shape index (κ3) is 4.44. The van der Waals surface area contributed by atoms with E-state index in [0.29, 0.717) is 18.0 Å². The lowest BCUT2D eigenvalue weighted by Crippen LogP contribution is -2.44. The zero-order chi connectivity index (χ0) is 14.1. The molecule has 2 fully saturated rings. The second kappa shape index (κ2) is 7.44. The summed E-state index contributed by atoms with van der Waals surface area (Å²) in [5.74, 6) is 0.595. The van der Waals surface area contributed by atoms with E-state index in [4.69, 9.17) is 0 Å². The van der Waals surface area contributed by atoms with Gasteiger partial charge in [-0.05, 0) is 72.1 Å². The summed E-state index contributed by atoms with van der Waals surface area (Å²) in [5, 5.41) is 5.58. The van der Waals surface area contributed by atoms with Crippen LogP contribution in [0.1, 0.15) is 38.2 Å². The Morgan fingerprint density at radius 1 is 1.48 bits per heavy atom. The minimum absolute atomic E-state index is 0. The Labute approximate surface area is 145 Å². The van der Waals surface area contributed by atoms with Gasteiger partial charge in [0.05, 0.1) is 3.79 Å². The SMILES string of the molecule is C[C@H]1C[C@@H](C(=O)N(Cc2csc(Br)c2)C2CC2)CCN1.Cl. The highest BCUT2D eigenvalue weighted by Crippen LogP contribution is 2.33. The van der Waals surface area contributed by atoms with Crippen LogP contribution in [0.25, 0.3) is 0 Å². The first-order valence-electron chi connectivity index (χ1n) is 7.40. The van der Waals surface area contributed by atoms with Crippen LogP contribution in [0.4, 0.5) is 0 Å². The maximum absolute atomic E-state index is 12.8. The first-order chi connectivity index (χ1) is 9.63. The summed E-state index contributed by atoms with van der Waals surface area (Å²) in [6.07, 6.45) is 4.32. The maximum atomic E-state index is 12.8. The van der Waals surface area contributed by atoms with E-state index in [1.54, 1.807) is 11.3 Å². The average molecular weight is 394 g/mol. The maximum Gasteiger partial charge on any atom is 0.226 e. The number of carbonyl (C=O) groups excluding carboxylic acids is 1. The lowest BCUT2D eigenvalue weighted by molar-refractivity contribution is -0.138. The molecule has 1 saturated heterocycles. The van der Waals surface area contributed by atoms with Gasteiger partial charge in [0.15, 0.2) is 0 Å². The van der Waals surface area contributed by atoms with Crippen molar-refractivity contribution in [3.05, 3.63) is 20.8 Å². The molecular weight excluding hydrogens is 372 g/mol. The molecule has 0 bridgehead atoms. The molecule has 1 saturated carbocycles. The third-order valence-corrected chi connectivity index (χ3v) is 5.77. The van der Waals surface area contributed by atoms with Gasteiger partial charge in [-0.25, -0.2) is 0 Å². The first kappa shape index (κ1) is 17.3. The normalized spacial score (nSPS) is 25.2. The predicted octanol–water partition coefficient (Wildman–Crippen LogP) is 3.81. The van der Waals surface area contributed by atoms with Crippen LogP contribution in [0.15, 0.2) is 15.2 Å². The van der Waals surface area contributed by atoms with Gasteiger partial charge in [0.2, 0.25) is 5.91 Å². The molecule has 2 heterocycles. The molecule has 118 valence electrons. The molecule has 1 amide bonds. The van der Waals surface area contributed by atoms with Gasteiger partial charge in [-0.2, -0.15) is 0 Å². The van der Waals surface area contributed by atoms with Gasteiger partial charge in [0.25, 0.3) is 0 Å². The molecule has 3 rings (SSSR count). The number of nitrogens with one attached hydrogen (secondary N) is 1. The van der Waals surface area contributed by atoms with E-state index in [1.165, 1.54) is 18.4 Å². The fourth-order valence-electron chi connectivity index (χ4n) is 2.99. The number of hydrogen-bond donors (Lipinski definition) is 1. The second-order valence-electron chi connectivity index (χ2n) is 6.03. The zero-order valence-electron chi connectivity index (χ0n) is 12.2. The van der Waals surface area contributed by atoms with Crippen LogP contribution in [0.3, 0.4) is 0 Å². The first-order valence-corrected chi connectivity index (χ1v) is 9.07. The molecule has 21 heavy (non-hydrogen) atoms. The fraction of sp³-hybridized carbons (Fsp3) is 0.667. The highest BCUT2D eigenvalue weighted by Gasteiger charge is 2.37. The molecule has 0 unspecified atom stereocenters. The minimum Gasteiger partial charge on any atom is -0.335 e. The predicted molar refractivity (Wildman–Crippen MR) is 93.0 cm³/mol. The van der Waals surface area contributed by atoms with Crippen molar-refractivity contribution in [2.24, 2.45) is 5.92 Å². The number of amides is 1. The summed E-state index contributed by atoms with van der Waals surface area (Å²) in [6, 6.07) is 3.10. The number of carbonyl (C=O) groups is 1. The Morgan fingerprint density at radius 3 is 2.81 bits per heavy atom. The smallest absolute Gasteiger partial charge is 0.226 e. The molecule has 3 nitrogen and oxygen atoms in total. The summed E-state index contributed by atoms with van der Waals surface area (Å²) in [6.45, 7) is 3.93. The van der Waals surface area contributed by atoms with E-state index in [9.17, 15) is 4.79 Å². The van der Waals surface area contributed by atoms with Gasteiger partial charge in [-0.3, -0.25) is 4.79 Å². The topological polar surface area (TPSA) is 32.3 Å². The molecule has 1 aliphatic carbocycles. The van der Waals surface area contributed by atoms with Gasteiger partial charge in [-0.1, -0.05) is 0 Å². The number of nitrogens with zero attached hydrogens (tertiary/aromatic N) is 1. The largest absolute Gasteiger partial charge is 0.335 e. The Morgan fingerprint density at radius 2 is 2.24 bits per heavy atom. The number of thiophene rings is 1. The van der Waals surface area contributed by atoms with E-state index in [2.05, 4.69) is 44.5 Å². The van der Waals surface area contributed by atoms with Crippen LogP contribution in [0.2, 0.25) is 0 Å². The van der Waals surface area contributed by atoms with Gasteiger partial charge in [0.1, 0.15) is 0 Å². The third-order valence-electron chi connectivity index (χ3n) is 4.22. The summed E-state index contributed by atoms with van der Waals surface area (Å²) < 4.78 is 1.14. The Hall–Kier alpha value is -0.100. The van der Waals surface area contributed by atoms with Crippen molar-refractivity contribution in [2.45, 2.75) is 51.2 Å². The monoisotopic (exact) mass is 392 g/mol. The van der Waals surface area contributed by atoms with Gasteiger partial charge in [0, 0.05) is 24.5 Å².